The lowest BCUT2D eigenvalue weighted by molar-refractivity contribution is 0.471. The molecule has 2 aromatic carbocycles. The van der Waals surface area contributed by atoms with E-state index in [9.17, 15) is 13.5 Å². The number of phenolic OH excluding ortho intramolecular Hbond substituents is 1. The summed E-state index contributed by atoms with van der Waals surface area (Å²) >= 11 is 0. The van der Waals surface area contributed by atoms with Crippen LogP contribution in [0.15, 0.2) is 41.3 Å². The lowest BCUT2D eigenvalue weighted by Gasteiger charge is -2.12. The molecule has 0 saturated carbocycles. The average Bonchev–Trinajstić information content (AvgIpc) is 2.44. The Kier molecular flexibility index (Phi) is 3.87. The van der Waals surface area contributed by atoms with Crippen LogP contribution >= 0.6 is 0 Å². The Morgan fingerprint density at radius 2 is 1.86 bits per heavy atom. The first-order valence-electron chi connectivity index (χ1n) is 6.16. The Balaban J connectivity index is 2.42. The molecular formula is C15H14N2O3S. The number of aryl methyl sites for hydroxylation is 2. The second kappa shape index (κ2) is 5.46. The molecule has 0 aliphatic carbocycles. The Morgan fingerprint density at radius 1 is 1.14 bits per heavy atom. The number of nitrogens with one attached hydrogen (secondary N) is 1. The van der Waals surface area contributed by atoms with Gasteiger partial charge in [0, 0.05) is 0 Å². The summed E-state index contributed by atoms with van der Waals surface area (Å²) in [5.41, 5.74) is 1.85. The monoisotopic (exact) mass is 302 g/mol. The number of hydrogen-bond acceptors (Lipinski definition) is 4. The fraction of sp³-hybridized carbons (Fsp3) is 0.133. The van der Waals surface area contributed by atoms with E-state index in [0.717, 1.165) is 0 Å². The number of sulfonamides is 1. The van der Waals surface area contributed by atoms with Crippen molar-refractivity contribution in [1.29, 1.82) is 5.26 Å². The van der Waals surface area contributed by atoms with Gasteiger partial charge in [-0.2, -0.15) is 5.26 Å². The lowest BCUT2D eigenvalue weighted by Crippen LogP contribution is -2.14. The number of benzene rings is 2. The van der Waals surface area contributed by atoms with Crippen LogP contribution in [-0.2, 0) is 10.0 Å². The van der Waals surface area contributed by atoms with Gasteiger partial charge in [-0.3, -0.25) is 4.72 Å². The molecule has 0 aliphatic rings. The minimum Gasteiger partial charge on any atom is -0.508 e. The molecule has 0 aromatic heterocycles. The Hall–Kier alpha value is -2.52. The number of phenols is 1. The van der Waals surface area contributed by atoms with Crippen LogP contribution in [-0.4, -0.2) is 13.5 Å². The quantitative estimate of drug-likeness (QED) is 0.853. The van der Waals surface area contributed by atoms with Gasteiger partial charge in [-0.1, -0.05) is 6.07 Å². The van der Waals surface area contributed by atoms with E-state index in [-0.39, 0.29) is 16.2 Å². The molecule has 0 radical (unpaired) electrons. The van der Waals surface area contributed by atoms with E-state index in [4.69, 9.17) is 5.26 Å². The van der Waals surface area contributed by atoms with Crippen LogP contribution in [0, 0.1) is 25.2 Å². The summed E-state index contributed by atoms with van der Waals surface area (Å²) in [6.07, 6.45) is 0. The van der Waals surface area contributed by atoms with Crippen LogP contribution in [0.4, 0.5) is 5.69 Å². The minimum atomic E-state index is -3.78. The molecule has 2 N–H and O–H groups in total. The molecule has 6 heteroatoms. The van der Waals surface area contributed by atoms with Gasteiger partial charge in [0.05, 0.1) is 22.2 Å². The third-order valence-corrected chi connectivity index (χ3v) is 4.42. The van der Waals surface area contributed by atoms with Gasteiger partial charge in [0.1, 0.15) is 5.75 Å². The number of anilines is 1. The molecule has 108 valence electrons. The van der Waals surface area contributed by atoms with Gasteiger partial charge in [0.25, 0.3) is 10.0 Å². The standard InChI is InChI=1S/C15H14N2O3S/c1-10-7-15(18)11(2)6-14(10)17-21(19,20)13-5-3-4-12(8-13)9-16/h3-8,17-18H,1-2H3. The minimum absolute atomic E-state index is 0.0201. The zero-order valence-corrected chi connectivity index (χ0v) is 12.4. The van der Waals surface area contributed by atoms with E-state index in [2.05, 4.69) is 4.72 Å². The second-order valence-corrected chi connectivity index (χ2v) is 6.38. The molecule has 0 fully saturated rings. The molecule has 0 atom stereocenters. The summed E-state index contributed by atoms with van der Waals surface area (Å²) in [7, 11) is -3.78. The first-order valence-corrected chi connectivity index (χ1v) is 7.65. The molecule has 5 nitrogen and oxygen atoms in total. The molecule has 0 spiro atoms. The molecule has 21 heavy (non-hydrogen) atoms. The first-order chi connectivity index (χ1) is 9.83. The zero-order valence-electron chi connectivity index (χ0n) is 11.6. The number of rotatable bonds is 3. The molecule has 0 amide bonds. The van der Waals surface area contributed by atoms with Crippen molar-refractivity contribution in [3.63, 3.8) is 0 Å². The van der Waals surface area contributed by atoms with Crippen LogP contribution in [0.1, 0.15) is 16.7 Å². The van der Waals surface area contributed by atoms with Crippen LogP contribution < -0.4 is 4.72 Å². The summed E-state index contributed by atoms with van der Waals surface area (Å²) in [5, 5.41) is 18.4. The van der Waals surface area contributed by atoms with Gasteiger partial charge in [0.15, 0.2) is 0 Å². The van der Waals surface area contributed by atoms with Gasteiger partial charge < -0.3 is 5.11 Å². The van der Waals surface area contributed by atoms with Crippen LogP contribution in [0.2, 0.25) is 0 Å². The van der Waals surface area contributed by atoms with Crippen molar-refractivity contribution in [2.24, 2.45) is 0 Å². The fourth-order valence-corrected chi connectivity index (χ4v) is 3.01. The van der Waals surface area contributed by atoms with Crippen molar-refractivity contribution in [3.8, 4) is 11.8 Å². The Labute approximate surface area is 123 Å². The highest BCUT2D eigenvalue weighted by molar-refractivity contribution is 7.92. The largest absolute Gasteiger partial charge is 0.508 e. The van der Waals surface area contributed by atoms with Crippen molar-refractivity contribution in [1.82, 2.24) is 0 Å². The maximum absolute atomic E-state index is 12.3. The van der Waals surface area contributed by atoms with E-state index in [0.29, 0.717) is 16.8 Å². The molecule has 0 aliphatic heterocycles. The Morgan fingerprint density at radius 3 is 2.52 bits per heavy atom. The van der Waals surface area contributed by atoms with Crippen LogP contribution in [0.3, 0.4) is 0 Å². The molecule has 2 aromatic rings. The van der Waals surface area contributed by atoms with E-state index >= 15 is 0 Å². The molecule has 0 bridgehead atoms. The van der Waals surface area contributed by atoms with Crippen molar-refractivity contribution >= 4 is 15.7 Å². The number of nitriles is 1. The summed E-state index contributed by atoms with van der Waals surface area (Å²) in [5.74, 6) is 0.113. The maximum atomic E-state index is 12.3. The van der Waals surface area contributed by atoms with Crippen molar-refractivity contribution in [2.75, 3.05) is 4.72 Å². The summed E-state index contributed by atoms with van der Waals surface area (Å²) < 4.78 is 27.1. The number of aromatic hydroxyl groups is 1. The van der Waals surface area contributed by atoms with Gasteiger partial charge in [-0.05, 0) is 55.3 Å². The predicted molar refractivity (Wildman–Crippen MR) is 79.5 cm³/mol. The molecular weight excluding hydrogens is 288 g/mol. The van der Waals surface area contributed by atoms with Crippen LogP contribution in [0.5, 0.6) is 5.75 Å². The van der Waals surface area contributed by atoms with Crippen molar-refractivity contribution < 1.29 is 13.5 Å². The third-order valence-electron chi connectivity index (χ3n) is 3.06. The second-order valence-electron chi connectivity index (χ2n) is 4.70. The maximum Gasteiger partial charge on any atom is 0.261 e. The molecule has 0 heterocycles. The van der Waals surface area contributed by atoms with Crippen molar-refractivity contribution in [3.05, 3.63) is 53.1 Å². The highest BCUT2D eigenvalue weighted by Gasteiger charge is 2.16. The SMILES string of the molecule is Cc1cc(NS(=O)(=O)c2cccc(C#N)c2)c(C)cc1O. The van der Waals surface area contributed by atoms with E-state index in [1.807, 2.05) is 6.07 Å². The van der Waals surface area contributed by atoms with Gasteiger partial charge in [-0.15, -0.1) is 0 Å². The Bertz CT molecular complexity index is 836. The topological polar surface area (TPSA) is 90.2 Å². The van der Waals surface area contributed by atoms with Gasteiger partial charge >= 0.3 is 0 Å². The highest BCUT2D eigenvalue weighted by Crippen LogP contribution is 2.27. The summed E-state index contributed by atoms with van der Waals surface area (Å²) in [6, 6.07) is 10.8. The molecule has 2 rings (SSSR count). The first kappa shape index (κ1) is 14.9. The summed E-state index contributed by atoms with van der Waals surface area (Å²) in [6.45, 7) is 3.38. The normalized spacial score (nSPS) is 10.9. The fourth-order valence-electron chi connectivity index (χ4n) is 1.85. The van der Waals surface area contributed by atoms with E-state index in [1.165, 1.54) is 30.3 Å². The average molecular weight is 302 g/mol. The predicted octanol–water partition coefficient (Wildman–Crippen LogP) is 2.68. The lowest BCUT2D eigenvalue weighted by atomic mass is 10.1. The van der Waals surface area contributed by atoms with Crippen molar-refractivity contribution in [2.45, 2.75) is 18.7 Å². The smallest absolute Gasteiger partial charge is 0.261 e. The van der Waals surface area contributed by atoms with Gasteiger partial charge in [-0.25, -0.2) is 8.42 Å². The van der Waals surface area contributed by atoms with E-state index < -0.39 is 10.0 Å². The highest BCUT2D eigenvalue weighted by atomic mass is 32.2. The number of hydrogen-bond donors (Lipinski definition) is 2. The molecule has 0 saturated heterocycles. The number of nitrogens with zero attached hydrogens (tertiary/aromatic N) is 1. The summed E-state index contributed by atoms with van der Waals surface area (Å²) in [4.78, 5) is 0.0201. The van der Waals surface area contributed by atoms with Crippen LogP contribution in [0.25, 0.3) is 0 Å². The zero-order chi connectivity index (χ0) is 15.6. The molecule has 0 unspecified atom stereocenters. The van der Waals surface area contributed by atoms with E-state index in [1.54, 1.807) is 19.9 Å². The van der Waals surface area contributed by atoms with Gasteiger partial charge in [0.2, 0.25) is 0 Å². The third kappa shape index (κ3) is 3.15.